The molecule has 1 amide bonds. The lowest BCUT2D eigenvalue weighted by Crippen LogP contribution is -2.41. The molecular formula is C17H20FN3O2. The highest BCUT2D eigenvalue weighted by atomic mass is 19.1. The summed E-state index contributed by atoms with van der Waals surface area (Å²) >= 11 is 0. The number of carbonyl (C=O) groups is 1. The lowest BCUT2D eigenvalue weighted by atomic mass is 9.97. The van der Waals surface area contributed by atoms with Crippen LogP contribution in [0.5, 0.6) is 0 Å². The molecule has 1 aromatic heterocycles. The molecular weight excluding hydrogens is 297 g/mol. The van der Waals surface area contributed by atoms with E-state index in [4.69, 9.17) is 4.42 Å². The SMILES string of the molecule is CC(C)C(=O)N1CCC[C@H](c2nnc(-c3ccc(F)cc3)o2)C1. The monoisotopic (exact) mass is 317 g/mol. The van der Waals surface area contributed by atoms with E-state index in [0.29, 0.717) is 23.9 Å². The molecule has 2 heterocycles. The number of carbonyl (C=O) groups excluding carboxylic acids is 1. The van der Waals surface area contributed by atoms with Crippen molar-refractivity contribution < 1.29 is 13.6 Å². The van der Waals surface area contributed by atoms with Crippen LogP contribution in [-0.4, -0.2) is 34.1 Å². The van der Waals surface area contributed by atoms with Gasteiger partial charge in [-0.2, -0.15) is 0 Å². The van der Waals surface area contributed by atoms with Crippen LogP contribution in [0.3, 0.4) is 0 Å². The molecule has 1 atom stereocenters. The summed E-state index contributed by atoms with van der Waals surface area (Å²) in [7, 11) is 0. The third-order valence-electron chi connectivity index (χ3n) is 4.11. The Kier molecular flexibility index (Phi) is 4.41. The van der Waals surface area contributed by atoms with Crippen LogP contribution in [0.2, 0.25) is 0 Å². The summed E-state index contributed by atoms with van der Waals surface area (Å²) in [4.78, 5) is 14.0. The molecule has 0 bridgehead atoms. The highest BCUT2D eigenvalue weighted by Crippen LogP contribution is 2.29. The molecule has 122 valence electrons. The molecule has 1 aliphatic rings. The van der Waals surface area contributed by atoms with Crippen molar-refractivity contribution in [3.63, 3.8) is 0 Å². The Morgan fingerprint density at radius 3 is 2.74 bits per heavy atom. The van der Waals surface area contributed by atoms with Crippen LogP contribution in [0.15, 0.2) is 28.7 Å². The van der Waals surface area contributed by atoms with Gasteiger partial charge >= 0.3 is 0 Å². The molecule has 23 heavy (non-hydrogen) atoms. The van der Waals surface area contributed by atoms with Crippen molar-refractivity contribution in [1.29, 1.82) is 0 Å². The zero-order valence-electron chi connectivity index (χ0n) is 13.3. The Balaban J connectivity index is 1.74. The van der Waals surface area contributed by atoms with Gasteiger partial charge in [-0.15, -0.1) is 10.2 Å². The number of halogens is 1. The molecule has 1 aliphatic heterocycles. The van der Waals surface area contributed by atoms with Crippen molar-refractivity contribution in [2.45, 2.75) is 32.6 Å². The van der Waals surface area contributed by atoms with E-state index >= 15 is 0 Å². The fourth-order valence-corrected chi connectivity index (χ4v) is 2.85. The van der Waals surface area contributed by atoms with Gasteiger partial charge in [-0.3, -0.25) is 4.79 Å². The molecule has 0 aliphatic carbocycles. The third kappa shape index (κ3) is 3.41. The summed E-state index contributed by atoms with van der Waals surface area (Å²) in [6.45, 7) is 5.21. The lowest BCUT2D eigenvalue weighted by Gasteiger charge is -2.32. The number of hydrogen-bond donors (Lipinski definition) is 0. The fourth-order valence-electron chi connectivity index (χ4n) is 2.85. The van der Waals surface area contributed by atoms with Crippen LogP contribution < -0.4 is 0 Å². The first kappa shape index (κ1) is 15.6. The first-order valence-corrected chi connectivity index (χ1v) is 7.92. The van der Waals surface area contributed by atoms with Crippen molar-refractivity contribution in [1.82, 2.24) is 15.1 Å². The molecule has 1 saturated heterocycles. The minimum absolute atomic E-state index is 0.00814. The van der Waals surface area contributed by atoms with Crippen molar-refractivity contribution in [2.75, 3.05) is 13.1 Å². The van der Waals surface area contributed by atoms with Crippen LogP contribution in [0.1, 0.15) is 38.5 Å². The van der Waals surface area contributed by atoms with Crippen LogP contribution in [0, 0.1) is 11.7 Å². The van der Waals surface area contributed by atoms with Crippen molar-refractivity contribution in [3.8, 4) is 11.5 Å². The highest BCUT2D eigenvalue weighted by molar-refractivity contribution is 5.78. The van der Waals surface area contributed by atoms with Gasteiger partial charge in [0.2, 0.25) is 17.7 Å². The highest BCUT2D eigenvalue weighted by Gasteiger charge is 2.29. The molecule has 1 aromatic carbocycles. The summed E-state index contributed by atoms with van der Waals surface area (Å²) < 4.78 is 18.7. The van der Waals surface area contributed by atoms with E-state index in [1.54, 1.807) is 12.1 Å². The second-order valence-corrected chi connectivity index (χ2v) is 6.23. The van der Waals surface area contributed by atoms with Gasteiger partial charge < -0.3 is 9.32 Å². The second kappa shape index (κ2) is 6.48. The molecule has 0 unspecified atom stereocenters. The van der Waals surface area contributed by atoms with E-state index in [1.807, 2.05) is 18.7 Å². The maximum atomic E-state index is 13.0. The summed E-state index contributed by atoms with van der Waals surface area (Å²) in [6, 6.07) is 5.95. The number of likely N-dealkylation sites (tertiary alicyclic amines) is 1. The van der Waals surface area contributed by atoms with E-state index in [1.165, 1.54) is 12.1 Å². The Bertz CT molecular complexity index is 681. The third-order valence-corrected chi connectivity index (χ3v) is 4.11. The first-order valence-electron chi connectivity index (χ1n) is 7.92. The second-order valence-electron chi connectivity index (χ2n) is 6.23. The Morgan fingerprint density at radius 1 is 1.30 bits per heavy atom. The van der Waals surface area contributed by atoms with Gasteiger partial charge in [0.1, 0.15) is 5.82 Å². The number of aromatic nitrogens is 2. The van der Waals surface area contributed by atoms with E-state index < -0.39 is 0 Å². The maximum absolute atomic E-state index is 13.0. The molecule has 5 nitrogen and oxygen atoms in total. The number of amides is 1. The number of rotatable bonds is 3. The average molecular weight is 317 g/mol. The zero-order valence-corrected chi connectivity index (χ0v) is 13.3. The fraction of sp³-hybridized carbons (Fsp3) is 0.471. The average Bonchev–Trinajstić information content (AvgIpc) is 3.05. The van der Waals surface area contributed by atoms with Crippen LogP contribution in [0.25, 0.3) is 11.5 Å². The van der Waals surface area contributed by atoms with Crippen LogP contribution in [-0.2, 0) is 4.79 Å². The quantitative estimate of drug-likeness (QED) is 0.872. The Hall–Kier alpha value is -2.24. The van der Waals surface area contributed by atoms with Gasteiger partial charge in [0.25, 0.3) is 0 Å². The smallest absolute Gasteiger partial charge is 0.247 e. The first-order chi connectivity index (χ1) is 11.0. The van der Waals surface area contributed by atoms with Gasteiger partial charge in [-0.05, 0) is 37.1 Å². The van der Waals surface area contributed by atoms with Crippen molar-refractivity contribution in [2.24, 2.45) is 5.92 Å². The Morgan fingerprint density at radius 2 is 2.04 bits per heavy atom. The predicted octanol–water partition coefficient (Wildman–Crippen LogP) is 3.24. The lowest BCUT2D eigenvalue weighted by molar-refractivity contribution is -0.135. The number of piperidine rings is 1. The van der Waals surface area contributed by atoms with E-state index in [2.05, 4.69) is 10.2 Å². The van der Waals surface area contributed by atoms with Crippen molar-refractivity contribution in [3.05, 3.63) is 36.0 Å². The topological polar surface area (TPSA) is 59.2 Å². The molecule has 2 aromatic rings. The van der Waals surface area contributed by atoms with E-state index in [0.717, 1.165) is 19.4 Å². The summed E-state index contributed by atoms with van der Waals surface area (Å²) in [5.74, 6) is 0.842. The largest absolute Gasteiger partial charge is 0.420 e. The summed E-state index contributed by atoms with van der Waals surface area (Å²) in [5, 5.41) is 8.18. The molecule has 1 fully saturated rings. The Labute approximate surface area is 134 Å². The number of nitrogens with zero attached hydrogens (tertiary/aromatic N) is 3. The predicted molar refractivity (Wildman–Crippen MR) is 83.1 cm³/mol. The van der Waals surface area contributed by atoms with E-state index in [9.17, 15) is 9.18 Å². The van der Waals surface area contributed by atoms with Gasteiger partial charge in [0.15, 0.2) is 0 Å². The molecule has 0 radical (unpaired) electrons. The minimum atomic E-state index is -0.302. The van der Waals surface area contributed by atoms with Crippen molar-refractivity contribution >= 4 is 5.91 Å². The summed E-state index contributed by atoms with van der Waals surface area (Å²) in [6.07, 6.45) is 1.85. The van der Waals surface area contributed by atoms with Gasteiger partial charge in [-0.25, -0.2) is 4.39 Å². The minimum Gasteiger partial charge on any atom is -0.420 e. The van der Waals surface area contributed by atoms with Crippen LogP contribution >= 0.6 is 0 Å². The normalized spacial score (nSPS) is 18.4. The van der Waals surface area contributed by atoms with E-state index in [-0.39, 0.29) is 23.6 Å². The van der Waals surface area contributed by atoms with Gasteiger partial charge in [0, 0.05) is 24.6 Å². The standard InChI is InChI=1S/C17H20FN3O2/c1-11(2)17(22)21-9-3-4-13(10-21)16-20-19-15(23-16)12-5-7-14(18)8-6-12/h5-8,11,13H,3-4,9-10H2,1-2H3/t13-/m0/s1. The molecule has 0 saturated carbocycles. The number of hydrogen-bond acceptors (Lipinski definition) is 4. The zero-order chi connectivity index (χ0) is 16.4. The van der Waals surface area contributed by atoms with Crippen LogP contribution in [0.4, 0.5) is 4.39 Å². The molecule has 0 spiro atoms. The van der Waals surface area contributed by atoms with Gasteiger partial charge in [0.05, 0.1) is 5.92 Å². The molecule has 3 rings (SSSR count). The maximum Gasteiger partial charge on any atom is 0.247 e. The number of benzene rings is 1. The molecule has 0 N–H and O–H groups in total. The molecule has 6 heteroatoms. The van der Waals surface area contributed by atoms with Gasteiger partial charge in [-0.1, -0.05) is 13.8 Å². The summed E-state index contributed by atoms with van der Waals surface area (Å²) in [5.41, 5.74) is 0.691.